The molecule has 1 N–H and O–H groups in total. The first-order valence-corrected chi connectivity index (χ1v) is 9.02. The largest absolute Gasteiger partial charge is 0.504 e. The number of aryl methyl sites for hydroxylation is 1. The van der Waals surface area contributed by atoms with Crippen LogP contribution in [-0.2, 0) is 42.7 Å². The third-order valence-corrected chi connectivity index (χ3v) is 5.28. The third-order valence-electron chi connectivity index (χ3n) is 3.46. The normalized spacial score (nSPS) is 14.5. The van der Waals surface area contributed by atoms with Crippen molar-refractivity contribution in [3.8, 4) is 0 Å². The van der Waals surface area contributed by atoms with Crippen LogP contribution >= 0.6 is 0 Å². The predicted octanol–water partition coefficient (Wildman–Crippen LogP) is 4.26. The minimum absolute atomic E-state index is 0. The summed E-state index contributed by atoms with van der Waals surface area (Å²) in [5.74, 6) is -1.03. The van der Waals surface area contributed by atoms with Gasteiger partial charge in [0.15, 0.2) is 17.8 Å². The molecule has 0 saturated carbocycles. The van der Waals surface area contributed by atoms with Crippen LogP contribution < -0.4 is 4.31 Å². The fourth-order valence-electron chi connectivity index (χ4n) is 2.43. The van der Waals surface area contributed by atoms with Crippen molar-refractivity contribution < 1.29 is 59.4 Å². The molecule has 0 atom stereocenters. The third kappa shape index (κ3) is 4.75. The van der Waals surface area contributed by atoms with Crippen molar-refractivity contribution in [2.45, 2.75) is 27.2 Å². The second-order valence-electron chi connectivity index (χ2n) is 4.93. The van der Waals surface area contributed by atoms with Crippen molar-refractivity contribution in [1.82, 2.24) is 4.98 Å². The van der Waals surface area contributed by atoms with Gasteiger partial charge in [-0.15, -0.1) is 0 Å². The maximum atomic E-state index is 12.8. The van der Waals surface area contributed by atoms with E-state index in [1.807, 2.05) is 13.8 Å². The van der Waals surface area contributed by atoms with Crippen molar-refractivity contribution in [1.29, 1.82) is 0 Å². The molecule has 0 bridgehead atoms. The summed E-state index contributed by atoms with van der Waals surface area (Å²) in [6.45, 7) is 4.56. The number of halogens is 2. The van der Waals surface area contributed by atoms with E-state index in [1.54, 1.807) is 25.1 Å². The zero-order valence-corrected chi connectivity index (χ0v) is 19.1. The van der Waals surface area contributed by atoms with Crippen LogP contribution in [0.2, 0.25) is 0 Å². The zero-order valence-electron chi connectivity index (χ0n) is 15.5. The molecule has 1 aromatic carbocycles. The van der Waals surface area contributed by atoms with Gasteiger partial charge in [-0.2, -0.15) is 0 Å². The van der Waals surface area contributed by atoms with E-state index in [1.165, 1.54) is 6.07 Å². The van der Waals surface area contributed by atoms with Crippen LogP contribution in [0.1, 0.15) is 30.7 Å². The number of aromatic nitrogens is 1. The van der Waals surface area contributed by atoms with Crippen LogP contribution in [0.5, 0.6) is 0 Å². The molecule has 0 amide bonds. The number of oxazole rings is 1. The second kappa shape index (κ2) is 10.3. The Morgan fingerprint density at radius 2 is 1.85 bits per heavy atom. The summed E-state index contributed by atoms with van der Waals surface area (Å²) in [5.41, 5.74) is 0.609. The first-order chi connectivity index (χ1) is 11.8. The molecule has 1 aliphatic rings. The van der Waals surface area contributed by atoms with Crippen molar-refractivity contribution in [2.75, 3.05) is 10.8 Å². The van der Waals surface area contributed by atoms with Gasteiger partial charge in [0.25, 0.3) is 16.4 Å². The predicted molar refractivity (Wildman–Crippen MR) is 97.2 cm³/mol. The maximum Gasteiger partial charge on any atom is 0.271 e. The molecule has 0 unspecified atom stereocenters. The quantitative estimate of drug-likeness (QED) is 0.670. The minimum Gasteiger partial charge on any atom is -0.504 e. The van der Waals surface area contributed by atoms with Crippen molar-refractivity contribution in [3.63, 3.8) is 0 Å². The van der Waals surface area contributed by atoms with Gasteiger partial charge >= 0.3 is 0 Å². The molecular formula is C17H21F2N2O4SY-. The molecule has 2 heterocycles. The van der Waals surface area contributed by atoms with E-state index in [2.05, 4.69) is 4.98 Å². The number of nitrogens with zero attached hydrogens (tertiary/aromatic N) is 2. The number of sulfonamides is 1. The number of anilines is 1. The van der Waals surface area contributed by atoms with Gasteiger partial charge in [-0.05, 0) is 12.5 Å². The molecule has 147 valence electrons. The number of hydrogen-bond acceptors (Lipinski definition) is 5. The van der Waals surface area contributed by atoms with Crippen LogP contribution in [0, 0.1) is 14.4 Å². The molecule has 1 aromatic heterocycles. The molecule has 10 heteroatoms. The van der Waals surface area contributed by atoms with Gasteiger partial charge in [-0.1, -0.05) is 38.1 Å². The van der Waals surface area contributed by atoms with E-state index < -0.39 is 39.5 Å². The summed E-state index contributed by atoms with van der Waals surface area (Å²) in [4.78, 5) is 3.28. The van der Waals surface area contributed by atoms with Gasteiger partial charge in [0.05, 0.1) is 6.54 Å². The van der Waals surface area contributed by atoms with Crippen LogP contribution in [0.4, 0.5) is 14.7 Å². The molecule has 6 nitrogen and oxygen atoms in total. The van der Waals surface area contributed by atoms with Gasteiger partial charge in [-0.25, -0.2) is 26.5 Å². The van der Waals surface area contributed by atoms with E-state index in [4.69, 9.17) is 4.42 Å². The monoisotopic (exact) mass is 476 g/mol. The summed E-state index contributed by atoms with van der Waals surface area (Å²) < 4.78 is 56.5. The zero-order chi connectivity index (χ0) is 18.8. The van der Waals surface area contributed by atoms with E-state index in [9.17, 15) is 22.3 Å². The molecule has 1 radical (unpaired) electrons. The maximum absolute atomic E-state index is 12.8. The molecule has 1 aliphatic heterocycles. The number of rotatable bonds is 3. The number of fused-ring (bicyclic) bond motifs is 1. The number of benzene rings is 1. The molecule has 0 aliphatic carbocycles. The second-order valence-corrected chi connectivity index (χ2v) is 6.73. The molecule has 3 rings (SSSR count). The summed E-state index contributed by atoms with van der Waals surface area (Å²) in [6, 6.07) is 6.43. The summed E-state index contributed by atoms with van der Waals surface area (Å²) in [6.07, 6.45) is -2.02. The smallest absolute Gasteiger partial charge is 0.271 e. The van der Waals surface area contributed by atoms with Crippen LogP contribution in [-0.4, -0.2) is 31.5 Å². The van der Waals surface area contributed by atoms with Crippen LogP contribution in [0.15, 0.2) is 35.1 Å². The number of aliphatic hydroxyl groups excluding tert-OH is 1. The van der Waals surface area contributed by atoms with Gasteiger partial charge < -0.3 is 17.0 Å². The van der Waals surface area contributed by atoms with E-state index in [0.717, 1.165) is 6.39 Å². The molecule has 0 fully saturated rings. The Labute approximate surface area is 183 Å². The Morgan fingerprint density at radius 1 is 1.26 bits per heavy atom. The van der Waals surface area contributed by atoms with E-state index in [0.29, 0.717) is 9.87 Å². The van der Waals surface area contributed by atoms with Crippen molar-refractivity contribution in [3.05, 3.63) is 54.9 Å². The van der Waals surface area contributed by atoms with Crippen molar-refractivity contribution in [2.24, 2.45) is 0 Å². The topological polar surface area (TPSA) is 83.6 Å². The Hall–Kier alpha value is -1.32. The number of alkyl halides is 2. The standard InChI is InChI=1S/C14H12F2N2O4S.C2H6.CH3.Y/c1-8-4-2-3-5-9(8)13-12(19)11-14(22-7-17-11)18(6-10(15)16)23(13,20)21;1-2;;/h2-5,7,10,19H,6H2,1H3;1-2H3;1H3;/q;;-1;. The van der Waals surface area contributed by atoms with Gasteiger partial charge in [0, 0.05) is 38.3 Å². The average Bonchev–Trinajstić information content (AvgIpc) is 3.04. The Morgan fingerprint density at radius 3 is 2.41 bits per heavy atom. The molecule has 0 spiro atoms. The summed E-state index contributed by atoms with van der Waals surface area (Å²) >= 11 is 0. The summed E-state index contributed by atoms with van der Waals surface area (Å²) in [7, 11) is -4.42. The summed E-state index contributed by atoms with van der Waals surface area (Å²) in [5, 5.41) is 10.3. The average molecular weight is 476 g/mol. The van der Waals surface area contributed by atoms with E-state index >= 15 is 0 Å². The van der Waals surface area contributed by atoms with Crippen LogP contribution in [0.25, 0.3) is 10.7 Å². The van der Waals surface area contributed by atoms with E-state index in [-0.39, 0.29) is 51.4 Å². The molecule has 2 aromatic rings. The van der Waals surface area contributed by atoms with Gasteiger partial charge in [0.1, 0.15) is 4.91 Å². The minimum atomic E-state index is -4.42. The van der Waals surface area contributed by atoms with Gasteiger partial charge in [0.2, 0.25) is 5.88 Å². The van der Waals surface area contributed by atoms with Gasteiger partial charge in [-0.3, -0.25) is 0 Å². The fraction of sp³-hybridized carbons (Fsp3) is 0.294. The fourth-order valence-corrected chi connectivity index (χ4v) is 4.15. The van der Waals surface area contributed by atoms with Crippen molar-refractivity contribution >= 4 is 26.6 Å². The Kier molecular flexibility index (Phi) is 9.79. The molecular weight excluding hydrogens is 455 g/mol. The Bertz CT molecular complexity index is 898. The molecule has 0 saturated heterocycles. The Balaban J connectivity index is 0.00000164. The number of hydrogen-bond donors (Lipinski definition) is 1. The first kappa shape index (κ1) is 25.7. The SMILES string of the molecule is CC.Cc1ccccc1C1=C(O)c2ncoc2N(CC(F)F)S1(=O)=O.[CH3-].[Y]. The number of aliphatic hydroxyl groups is 1. The van der Waals surface area contributed by atoms with Crippen LogP contribution in [0.3, 0.4) is 0 Å². The molecule has 27 heavy (non-hydrogen) atoms. The first-order valence-electron chi connectivity index (χ1n) is 7.58.